The van der Waals surface area contributed by atoms with Crippen LogP contribution >= 0.6 is 11.3 Å². The number of pyridine rings is 1. The summed E-state index contributed by atoms with van der Waals surface area (Å²) in [6.45, 7) is 9.83. The van der Waals surface area contributed by atoms with Crippen LogP contribution in [0.25, 0.3) is 27.6 Å². The van der Waals surface area contributed by atoms with Crippen LogP contribution in [0.4, 0.5) is 0 Å². The van der Waals surface area contributed by atoms with Crippen molar-refractivity contribution < 1.29 is 9.47 Å². The first-order chi connectivity index (χ1) is 18.1. The highest BCUT2D eigenvalue weighted by atomic mass is 32.1. The smallest absolute Gasteiger partial charge is 0.197 e. The maximum Gasteiger partial charge on any atom is 0.197 e. The van der Waals surface area contributed by atoms with Gasteiger partial charge in [0.15, 0.2) is 11.4 Å². The van der Waals surface area contributed by atoms with Crippen molar-refractivity contribution in [2.24, 2.45) is 5.92 Å². The number of aromatic amines is 1. The number of rotatable bonds is 7. The molecule has 0 aromatic carbocycles. The summed E-state index contributed by atoms with van der Waals surface area (Å²) in [5.74, 6) is 2.33. The highest BCUT2D eigenvalue weighted by Crippen LogP contribution is 2.40. The fraction of sp³-hybridized carbons (Fsp3) is 0.556. The van der Waals surface area contributed by atoms with Gasteiger partial charge < -0.3 is 14.4 Å². The van der Waals surface area contributed by atoms with Crippen LogP contribution in [0.15, 0.2) is 24.8 Å². The Balaban J connectivity index is 1.21. The largest absolute Gasteiger partial charge is 0.493 e. The van der Waals surface area contributed by atoms with Gasteiger partial charge in [0.1, 0.15) is 17.0 Å². The Morgan fingerprint density at radius 1 is 1.16 bits per heavy atom. The minimum atomic E-state index is 0.266. The Morgan fingerprint density at radius 3 is 2.73 bits per heavy atom. The molecule has 4 aromatic rings. The van der Waals surface area contributed by atoms with Gasteiger partial charge in [-0.05, 0) is 62.6 Å². The molecule has 10 heteroatoms. The van der Waals surface area contributed by atoms with Gasteiger partial charge in [-0.15, -0.1) is 11.3 Å². The predicted octanol–water partition coefficient (Wildman–Crippen LogP) is 4.98. The molecule has 9 nitrogen and oxygen atoms in total. The van der Waals surface area contributed by atoms with E-state index in [9.17, 15) is 0 Å². The summed E-state index contributed by atoms with van der Waals surface area (Å²) in [6, 6.07) is 1.99. The van der Waals surface area contributed by atoms with Crippen molar-refractivity contribution in [3.05, 3.63) is 35.2 Å². The molecule has 0 radical (unpaired) electrons. The molecule has 196 valence electrons. The van der Waals surface area contributed by atoms with E-state index in [-0.39, 0.29) is 5.92 Å². The van der Waals surface area contributed by atoms with Crippen molar-refractivity contribution in [2.45, 2.75) is 51.4 Å². The molecule has 2 aliphatic rings. The van der Waals surface area contributed by atoms with E-state index >= 15 is 0 Å². The van der Waals surface area contributed by atoms with E-state index in [1.807, 2.05) is 12.3 Å². The normalized spacial score (nSPS) is 18.3. The standard InChI is InChI=1S/C27H35N7O2S/c1-17(2)23-24(20-12-21(35-3)26-29-16-30-34(26)15-20)31-32-25(23)27-28-13-22(37-27)19-4-8-33(9-5-19)14-18-6-10-36-11-7-18/h12-13,15-19H,4-11,14H2,1-3H3,(H,31,32). The lowest BCUT2D eigenvalue weighted by Crippen LogP contribution is -2.37. The molecule has 6 heterocycles. The second-order valence-electron chi connectivity index (χ2n) is 10.5. The van der Waals surface area contributed by atoms with Crippen LogP contribution in [0.3, 0.4) is 0 Å². The van der Waals surface area contributed by atoms with E-state index in [4.69, 9.17) is 19.6 Å². The summed E-state index contributed by atoms with van der Waals surface area (Å²) >= 11 is 1.80. The molecule has 0 unspecified atom stereocenters. The van der Waals surface area contributed by atoms with Crippen LogP contribution in [0.2, 0.25) is 0 Å². The van der Waals surface area contributed by atoms with Gasteiger partial charge in [-0.1, -0.05) is 13.8 Å². The first-order valence-electron chi connectivity index (χ1n) is 13.3. The summed E-state index contributed by atoms with van der Waals surface area (Å²) in [5.41, 5.74) is 4.73. The minimum Gasteiger partial charge on any atom is -0.493 e. The number of hydrogen-bond acceptors (Lipinski definition) is 8. The van der Waals surface area contributed by atoms with Crippen molar-refractivity contribution in [1.29, 1.82) is 0 Å². The van der Waals surface area contributed by atoms with Gasteiger partial charge in [-0.3, -0.25) is 5.10 Å². The van der Waals surface area contributed by atoms with Crippen molar-refractivity contribution in [2.75, 3.05) is 40.0 Å². The van der Waals surface area contributed by atoms with E-state index in [0.29, 0.717) is 17.3 Å². The zero-order valence-corrected chi connectivity index (χ0v) is 22.6. The van der Waals surface area contributed by atoms with Gasteiger partial charge in [0.25, 0.3) is 0 Å². The van der Waals surface area contributed by atoms with Gasteiger partial charge in [-0.2, -0.15) is 10.2 Å². The predicted molar refractivity (Wildman–Crippen MR) is 144 cm³/mol. The third-order valence-electron chi connectivity index (χ3n) is 7.80. The first-order valence-corrected chi connectivity index (χ1v) is 14.1. The molecule has 2 aliphatic heterocycles. The number of likely N-dealkylation sites (tertiary alicyclic amines) is 1. The van der Waals surface area contributed by atoms with Crippen molar-refractivity contribution in [3.8, 4) is 27.7 Å². The zero-order chi connectivity index (χ0) is 25.4. The second-order valence-corrected chi connectivity index (χ2v) is 11.6. The number of ether oxygens (including phenoxy) is 2. The summed E-state index contributed by atoms with van der Waals surface area (Å²) in [5, 5.41) is 13.4. The molecular weight excluding hydrogens is 486 g/mol. The molecule has 37 heavy (non-hydrogen) atoms. The molecule has 1 N–H and O–H groups in total. The highest BCUT2D eigenvalue weighted by Gasteiger charge is 2.27. The summed E-state index contributed by atoms with van der Waals surface area (Å²) in [4.78, 5) is 13.2. The van der Waals surface area contributed by atoms with Crippen LogP contribution in [0.1, 0.15) is 61.8 Å². The number of nitrogens with zero attached hydrogens (tertiary/aromatic N) is 6. The van der Waals surface area contributed by atoms with Gasteiger partial charge in [0.2, 0.25) is 0 Å². The number of aromatic nitrogens is 6. The molecule has 2 fully saturated rings. The SMILES string of the molecule is COc1cc(-c2[nH]nc(-c3ncc(C4CCN(CC5CCOCC5)CC4)s3)c2C(C)C)cn2ncnc12. The minimum absolute atomic E-state index is 0.266. The molecule has 2 saturated heterocycles. The van der Waals surface area contributed by atoms with E-state index in [2.05, 4.69) is 40.1 Å². The summed E-state index contributed by atoms with van der Waals surface area (Å²) < 4.78 is 12.9. The number of fused-ring (bicyclic) bond motifs is 1. The van der Waals surface area contributed by atoms with E-state index < -0.39 is 0 Å². The molecule has 0 spiro atoms. The zero-order valence-electron chi connectivity index (χ0n) is 21.8. The number of thiazole rings is 1. The molecule has 4 aromatic heterocycles. The maximum atomic E-state index is 5.58. The molecule has 0 amide bonds. The Hall–Kier alpha value is -2.82. The monoisotopic (exact) mass is 521 g/mol. The third kappa shape index (κ3) is 4.89. The van der Waals surface area contributed by atoms with Crippen molar-refractivity contribution >= 4 is 17.0 Å². The molecule has 0 aliphatic carbocycles. The van der Waals surface area contributed by atoms with Crippen LogP contribution < -0.4 is 4.74 Å². The van der Waals surface area contributed by atoms with Gasteiger partial charge >= 0.3 is 0 Å². The second kappa shape index (κ2) is 10.5. The van der Waals surface area contributed by atoms with Gasteiger partial charge in [0.05, 0.1) is 12.8 Å². The van der Waals surface area contributed by atoms with Crippen molar-refractivity contribution in [3.63, 3.8) is 0 Å². The summed E-state index contributed by atoms with van der Waals surface area (Å²) in [6.07, 6.45) is 10.4. The van der Waals surface area contributed by atoms with E-state index in [0.717, 1.165) is 46.7 Å². The Bertz CT molecular complexity index is 1350. The van der Waals surface area contributed by atoms with E-state index in [1.54, 1.807) is 23.0 Å². The maximum absolute atomic E-state index is 5.58. The number of hydrogen-bond donors (Lipinski definition) is 1. The number of piperidine rings is 1. The summed E-state index contributed by atoms with van der Waals surface area (Å²) in [7, 11) is 1.65. The molecule has 0 saturated carbocycles. The van der Waals surface area contributed by atoms with Crippen LogP contribution in [-0.2, 0) is 4.74 Å². The van der Waals surface area contributed by atoms with Crippen molar-refractivity contribution in [1.82, 2.24) is 34.7 Å². The van der Waals surface area contributed by atoms with Crippen LogP contribution in [-0.4, -0.2) is 74.6 Å². The van der Waals surface area contributed by atoms with Gasteiger partial charge in [-0.25, -0.2) is 14.5 Å². The average Bonchev–Trinajstić information content (AvgIpc) is 3.68. The molecule has 0 atom stereocenters. The molecular formula is C27H35N7O2S. The quantitative estimate of drug-likeness (QED) is 0.367. The average molecular weight is 522 g/mol. The lowest BCUT2D eigenvalue weighted by molar-refractivity contribution is 0.0488. The van der Waals surface area contributed by atoms with Gasteiger partial charge in [0, 0.05) is 48.2 Å². The fourth-order valence-electron chi connectivity index (χ4n) is 5.76. The first kappa shape index (κ1) is 24.5. The fourth-order valence-corrected chi connectivity index (χ4v) is 6.85. The Labute approximate surface area is 221 Å². The number of methoxy groups -OCH3 is 1. The third-order valence-corrected chi connectivity index (χ3v) is 8.97. The lowest BCUT2D eigenvalue weighted by atomic mass is 9.93. The molecule has 6 rings (SSSR count). The topological polar surface area (TPSA) is 93.5 Å². The van der Waals surface area contributed by atoms with Crippen LogP contribution in [0, 0.1) is 5.92 Å². The Morgan fingerprint density at radius 2 is 1.97 bits per heavy atom. The number of nitrogens with one attached hydrogen (secondary N) is 1. The number of H-pyrrole nitrogens is 1. The highest BCUT2D eigenvalue weighted by molar-refractivity contribution is 7.15. The lowest BCUT2D eigenvalue weighted by Gasteiger charge is -2.35. The molecule has 0 bridgehead atoms. The Kier molecular flexibility index (Phi) is 6.96. The van der Waals surface area contributed by atoms with E-state index in [1.165, 1.54) is 56.5 Å². The van der Waals surface area contributed by atoms with Crippen LogP contribution in [0.5, 0.6) is 5.75 Å².